The van der Waals surface area contributed by atoms with Crippen molar-refractivity contribution in [3.63, 3.8) is 0 Å². The summed E-state index contributed by atoms with van der Waals surface area (Å²) >= 11 is 7.51. The molecular formula is C14H14ClN3OS. The van der Waals surface area contributed by atoms with Crippen LogP contribution in [0.1, 0.15) is 16.5 Å². The van der Waals surface area contributed by atoms with Gasteiger partial charge in [-0.2, -0.15) is 0 Å². The zero-order valence-electron chi connectivity index (χ0n) is 10.9. The van der Waals surface area contributed by atoms with E-state index in [1.54, 1.807) is 11.3 Å². The van der Waals surface area contributed by atoms with Crippen LogP contribution in [-0.2, 0) is 11.3 Å². The molecule has 1 atom stereocenters. The molecule has 4 nitrogen and oxygen atoms in total. The summed E-state index contributed by atoms with van der Waals surface area (Å²) in [4.78, 5) is 14.8. The fourth-order valence-corrected chi connectivity index (χ4v) is 3.42. The number of nitrogens with two attached hydrogens (primary N) is 1. The second kappa shape index (κ2) is 5.09. The van der Waals surface area contributed by atoms with Crippen LogP contribution < -0.4 is 16.0 Å². The third-order valence-electron chi connectivity index (χ3n) is 3.37. The summed E-state index contributed by atoms with van der Waals surface area (Å²) in [5.41, 5.74) is 8.49. The van der Waals surface area contributed by atoms with Crippen LogP contribution in [-0.4, -0.2) is 13.0 Å². The van der Waals surface area contributed by atoms with Gasteiger partial charge >= 0.3 is 0 Å². The smallest absolute Gasteiger partial charge is 0.245 e. The summed E-state index contributed by atoms with van der Waals surface area (Å²) < 4.78 is 0.792. The Balaban J connectivity index is 1.81. The van der Waals surface area contributed by atoms with E-state index in [1.165, 1.54) is 4.88 Å². The molecule has 0 aliphatic carbocycles. The van der Waals surface area contributed by atoms with Crippen LogP contribution in [0.3, 0.4) is 0 Å². The summed E-state index contributed by atoms with van der Waals surface area (Å²) in [5, 5.41) is 2.80. The van der Waals surface area contributed by atoms with Gasteiger partial charge in [-0.05, 0) is 24.3 Å². The first-order valence-electron chi connectivity index (χ1n) is 6.20. The third kappa shape index (κ3) is 2.40. The molecule has 1 aliphatic heterocycles. The molecule has 1 aliphatic rings. The number of hydrogen-bond acceptors (Lipinski definition) is 4. The fourth-order valence-electron chi connectivity index (χ4n) is 2.27. The van der Waals surface area contributed by atoms with E-state index in [1.807, 2.05) is 37.4 Å². The maximum atomic E-state index is 11.5. The van der Waals surface area contributed by atoms with Crippen molar-refractivity contribution in [3.8, 4) is 0 Å². The lowest BCUT2D eigenvalue weighted by Crippen LogP contribution is -2.19. The summed E-state index contributed by atoms with van der Waals surface area (Å²) in [5.74, 6) is -0.148. The summed E-state index contributed by atoms with van der Waals surface area (Å²) in [6.45, 7) is 0.774. The Morgan fingerprint density at radius 1 is 1.40 bits per heavy atom. The minimum absolute atomic E-state index is 0.148. The van der Waals surface area contributed by atoms with E-state index in [0.717, 1.165) is 27.8 Å². The van der Waals surface area contributed by atoms with E-state index in [4.69, 9.17) is 17.3 Å². The molecule has 0 radical (unpaired) electrons. The average molecular weight is 308 g/mol. The number of amides is 1. The first kappa shape index (κ1) is 13.4. The van der Waals surface area contributed by atoms with Crippen LogP contribution in [0.15, 0.2) is 30.3 Å². The molecule has 1 aromatic carbocycles. The lowest BCUT2D eigenvalue weighted by molar-refractivity contribution is -0.116. The zero-order chi connectivity index (χ0) is 14.3. The highest BCUT2D eigenvalue weighted by molar-refractivity contribution is 7.16. The number of halogens is 1. The second-order valence-electron chi connectivity index (χ2n) is 4.80. The van der Waals surface area contributed by atoms with Crippen LogP contribution >= 0.6 is 22.9 Å². The molecular weight excluding hydrogens is 294 g/mol. The van der Waals surface area contributed by atoms with Crippen molar-refractivity contribution in [2.75, 3.05) is 17.3 Å². The molecule has 104 valence electrons. The fraction of sp³-hybridized carbons (Fsp3) is 0.214. The van der Waals surface area contributed by atoms with Gasteiger partial charge in [-0.15, -0.1) is 11.3 Å². The van der Waals surface area contributed by atoms with Crippen LogP contribution in [0.25, 0.3) is 0 Å². The van der Waals surface area contributed by atoms with Gasteiger partial charge in [0.15, 0.2) is 0 Å². The van der Waals surface area contributed by atoms with Crippen molar-refractivity contribution in [2.24, 2.45) is 5.73 Å². The van der Waals surface area contributed by atoms with Crippen LogP contribution in [0, 0.1) is 0 Å². The summed E-state index contributed by atoms with van der Waals surface area (Å²) in [7, 11) is 2.01. The number of anilines is 2. The van der Waals surface area contributed by atoms with Crippen LogP contribution in [0.5, 0.6) is 0 Å². The van der Waals surface area contributed by atoms with Crippen LogP contribution in [0.4, 0.5) is 11.4 Å². The summed E-state index contributed by atoms with van der Waals surface area (Å²) in [6.07, 6.45) is 0. The first-order valence-corrected chi connectivity index (χ1v) is 7.40. The Hall–Kier alpha value is -1.56. The Morgan fingerprint density at radius 2 is 2.20 bits per heavy atom. The van der Waals surface area contributed by atoms with Crippen LogP contribution in [0.2, 0.25) is 4.34 Å². The van der Waals surface area contributed by atoms with Crippen molar-refractivity contribution in [1.82, 2.24) is 0 Å². The minimum atomic E-state index is -0.555. The SMILES string of the molecule is CN(Cc1ccc(Cl)s1)c1ccc2c(c1)NC(=O)C2N. The van der Waals surface area contributed by atoms with E-state index in [9.17, 15) is 4.79 Å². The number of benzene rings is 1. The molecule has 0 fully saturated rings. The van der Waals surface area contributed by atoms with Gasteiger partial charge in [0.2, 0.25) is 5.91 Å². The quantitative estimate of drug-likeness (QED) is 0.916. The third-order valence-corrected chi connectivity index (χ3v) is 4.59. The molecule has 2 aromatic rings. The second-order valence-corrected chi connectivity index (χ2v) is 6.60. The maximum absolute atomic E-state index is 11.5. The molecule has 6 heteroatoms. The highest BCUT2D eigenvalue weighted by atomic mass is 35.5. The molecule has 20 heavy (non-hydrogen) atoms. The Kier molecular flexibility index (Phi) is 3.41. The van der Waals surface area contributed by atoms with Crippen molar-refractivity contribution in [1.29, 1.82) is 0 Å². The predicted molar refractivity (Wildman–Crippen MR) is 83.4 cm³/mol. The highest BCUT2D eigenvalue weighted by Crippen LogP contribution is 2.33. The molecule has 1 amide bonds. The topological polar surface area (TPSA) is 58.4 Å². The predicted octanol–water partition coefficient (Wildman–Crippen LogP) is 2.99. The van der Waals surface area contributed by atoms with E-state index in [2.05, 4.69) is 10.2 Å². The van der Waals surface area contributed by atoms with Gasteiger partial charge in [0.25, 0.3) is 0 Å². The number of hydrogen-bond donors (Lipinski definition) is 2. The first-order chi connectivity index (χ1) is 9.54. The van der Waals surface area contributed by atoms with E-state index in [-0.39, 0.29) is 5.91 Å². The van der Waals surface area contributed by atoms with Crippen molar-refractivity contribution < 1.29 is 4.79 Å². The van der Waals surface area contributed by atoms with Gasteiger partial charge in [0, 0.05) is 28.9 Å². The lowest BCUT2D eigenvalue weighted by Gasteiger charge is -2.19. The molecule has 3 rings (SSSR count). The van der Waals surface area contributed by atoms with Crippen molar-refractivity contribution in [2.45, 2.75) is 12.6 Å². The standard InChI is InChI=1S/C14H14ClN3OS/c1-18(7-9-3-5-12(15)20-9)8-2-4-10-11(6-8)17-14(19)13(10)16/h2-6,13H,7,16H2,1H3,(H,17,19). The number of rotatable bonds is 3. The number of nitrogens with one attached hydrogen (secondary N) is 1. The molecule has 2 heterocycles. The molecule has 0 bridgehead atoms. The molecule has 3 N–H and O–H groups in total. The number of nitrogens with zero attached hydrogens (tertiary/aromatic N) is 1. The van der Waals surface area contributed by atoms with Gasteiger partial charge in [0.1, 0.15) is 6.04 Å². The monoisotopic (exact) mass is 307 g/mol. The highest BCUT2D eigenvalue weighted by Gasteiger charge is 2.27. The van der Waals surface area contributed by atoms with E-state index in [0.29, 0.717) is 0 Å². The zero-order valence-corrected chi connectivity index (χ0v) is 12.5. The number of carbonyl (C=O) groups is 1. The van der Waals surface area contributed by atoms with Crippen molar-refractivity contribution in [3.05, 3.63) is 45.1 Å². The van der Waals surface area contributed by atoms with Gasteiger partial charge in [-0.3, -0.25) is 4.79 Å². The van der Waals surface area contributed by atoms with Gasteiger partial charge in [-0.1, -0.05) is 17.7 Å². The normalized spacial score (nSPS) is 16.9. The molecule has 0 saturated heterocycles. The minimum Gasteiger partial charge on any atom is -0.369 e. The Bertz CT molecular complexity index is 670. The van der Waals surface area contributed by atoms with Gasteiger partial charge in [-0.25, -0.2) is 0 Å². The number of thiophene rings is 1. The molecule has 1 unspecified atom stereocenters. The Labute approximate surface area is 126 Å². The Morgan fingerprint density at radius 3 is 2.90 bits per heavy atom. The maximum Gasteiger partial charge on any atom is 0.245 e. The number of fused-ring (bicyclic) bond motifs is 1. The van der Waals surface area contributed by atoms with Crippen molar-refractivity contribution >= 4 is 40.2 Å². The molecule has 0 saturated carbocycles. The molecule has 0 spiro atoms. The largest absolute Gasteiger partial charge is 0.369 e. The summed E-state index contributed by atoms with van der Waals surface area (Å²) in [6, 6.07) is 9.21. The molecule has 1 aromatic heterocycles. The lowest BCUT2D eigenvalue weighted by atomic mass is 10.1. The average Bonchev–Trinajstić information content (AvgIpc) is 2.94. The van der Waals surface area contributed by atoms with E-state index < -0.39 is 6.04 Å². The number of carbonyl (C=O) groups excluding carboxylic acids is 1. The van der Waals surface area contributed by atoms with Gasteiger partial charge < -0.3 is 16.0 Å². The van der Waals surface area contributed by atoms with E-state index >= 15 is 0 Å². The van der Waals surface area contributed by atoms with Gasteiger partial charge in [0.05, 0.1) is 10.9 Å².